The lowest BCUT2D eigenvalue weighted by molar-refractivity contribution is -0.119. The second kappa shape index (κ2) is 2.79. The molecule has 11 heavy (non-hydrogen) atoms. The van der Waals surface area contributed by atoms with Crippen molar-refractivity contribution < 1.29 is 9.53 Å². The van der Waals surface area contributed by atoms with Crippen LogP contribution < -0.4 is 11.1 Å². The summed E-state index contributed by atoms with van der Waals surface area (Å²) < 4.78 is 5.35. The molecule has 1 aliphatic heterocycles. The van der Waals surface area contributed by atoms with E-state index in [0.717, 1.165) is 6.42 Å². The summed E-state index contributed by atoms with van der Waals surface area (Å²) in [6.07, 6.45) is 0.830. The third-order valence-electron chi connectivity index (χ3n) is 2.07. The van der Waals surface area contributed by atoms with Gasteiger partial charge in [-0.25, -0.2) is 0 Å². The van der Waals surface area contributed by atoms with Crippen molar-refractivity contribution >= 4 is 5.91 Å². The summed E-state index contributed by atoms with van der Waals surface area (Å²) in [6.45, 7) is 4.30. The van der Waals surface area contributed by atoms with Gasteiger partial charge in [-0.15, -0.1) is 0 Å². The molecule has 1 heterocycles. The van der Waals surface area contributed by atoms with Crippen molar-refractivity contribution in [3.63, 3.8) is 0 Å². The summed E-state index contributed by atoms with van der Waals surface area (Å²) in [6, 6.07) is -0.319. The van der Waals surface area contributed by atoms with Crippen molar-refractivity contribution in [3.8, 4) is 0 Å². The molecule has 0 radical (unpaired) electrons. The lowest BCUT2D eigenvalue weighted by atomic mass is 10.2. The predicted octanol–water partition coefficient (Wildman–Crippen LogP) is -0.414. The van der Waals surface area contributed by atoms with E-state index in [0.29, 0.717) is 6.61 Å². The molecule has 3 N–H and O–H groups in total. The topological polar surface area (TPSA) is 64.3 Å². The Labute approximate surface area is 66.1 Å². The van der Waals surface area contributed by atoms with Crippen molar-refractivity contribution in [2.75, 3.05) is 6.61 Å². The van der Waals surface area contributed by atoms with Gasteiger partial charge in [0.15, 0.2) is 0 Å². The van der Waals surface area contributed by atoms with Crippen LogP contribution in [0.15, 0.2) is 0 Å². The Hall–Kier alpha value is -0.610. The number of primary amides is 1. The summed E-state index contributed by atoms with van der Waals surface area (Å²) in [5.74, 6) is -0.345. The molecule has 0 bridgehead atoms. The Morgan fingerprint density at radius 1 is 1.91 bits per heavy atom. The van der Waals surface area contributed by atoms with Crippen LogP contribution in [0.2, 0.25) is 0 Å². The molecule has 1 amide bonds. The third-order valence-corrected chi connectivity index (χ3v) is 2.07. The molecule has 0 aliphatic carbocycles. The quantitative estimate of drug-likeness (QED) is 0.574. The van der Waals surface area contributed by atoms with Crippen LogP contribution in [0.25, 0.3) is 0 Å². The van der Waals surface area contributed by atoms with E-state index < -0.39 is 0 Å². The molecular formula is C7H14N2O2. The number of nitrogens with one attached hydrogen (secondary N) is 1. The summed E-state index contributed by atoms with van der Waals surface area (Å²) in [5.41, 5.74) is 4.73. The number of hydrogen-bond acceptors (Lipinski definition) is 3. The Bertz CT molecular complexity index is 172. The first-order valence-corrected chi connectivity index (χ1v) is 3.78. The van der Waals surface area contributed by atoms with Crippen LogP contribution in [0.3, 0.4) is 0 Å². The zero-order chi connectivity index (χ0) is 8.48. The molecule has 64 valence electrons. The van der Waals surface area contributed by atoms with Gasteiger partial charge in [0.2, 0.25) is 5.91 Å². The van der Waals surface area contributed by atoms with Crippen LogP contribution in [0.5, 0.6) is 0 Å². The Morgan fingerprint density at radius 3 is 2.82 bits per heavy atom. The van der Waals surface area contributed by atoms with Gasteiger partial charge in [0.1, 0.15) is 11.8 Å². The Morgan fingerprint density at radius 2 is 2.55 bits per heavy atom. The number of carbonyl (C=O) groups is 1. The van der Waals surface area contributed by atoms with Crippen LogP contribution in [0.4, 0.5) is 0 Å². The average Bonchev–Trinajstić information content (AvgIpc) is 2.33. The summed E-state index contributed by atoms with van der Waals surface area (Å²) in [5, 5.41) is 3.02. The molecule has 1 saturated heterocycles. The molecule has 0 saturated carbocycles. The zero-order valence-electron chi connectivity index (χ0n) is 6.89. The second-order valence-corrected chi connectivity index (χ2v) is 2.99. The van der Waals surface area contributed by atoms with E-state index in [4.69, 9.17) is 10.5 Å². The van der Waals surface area contributed by atoms with Gasteiger partial charge < -0.3 is 10.5 Å². The lowest BCUT2D eigenvalue weighted by Gasteiger charge is -2.21. The molecule has 0 aromatic heterocycles. The van der Waals surface area contributed by atoms with E-state index in [1.807, 2.05) is 13.8 Å². The van der Waals surface area contributed by atoms with Gasteiger partial charge in [-0.2, -0.15) is 0 Å². The average molecular weight is 158 g/mol. The summed E-state index contributed by atoms with van der Waals surface area (Å²) >= 11 is 0. The van der Waals surface area contributed by atoms with E-state index in [2.05, 4.69) is 5.32 Å². The van der Waals surface area contributed by atoms with Crippen molar-refractivity contribution in [3.05, 3.63) is 0 Å². The highest BCUT2D eigenvalue weighted by molar-refractivity contribution is 5.80. The fraction of sp³-hybridized carbons (Fsp3) is 0.857. The van der Waals surface area contributed by atoms with E-state index in [-0.39, 0.29) is 17.7 Å². The molecule has 0 aromatic rings. The van der Waals surface area contributed by atoms with Crippen LogP contribution in [0.1, 0.15) is 20.3 Å². The monoisotopic (exact) mass is 158 g/mol. The largest absolute Gasteiger partial charge is 0.368 e. The predicted molar refractivity (Wildman–Crippen MR) is 40.8 cm³/mol. The number of hydrogen-bond donors (Lipinski definition) is 2. The SMILES string of the molecule is CCC1(C)NC(C(N)=O)CO1. The molecule has 0 aromatic carbocycles. The standard InChI is InChI=1S/C7H14N2O2/c1-3-7(2)9-5(4-11-7)6(8)10/h5,9H,3-4H2,1-2H3,(H2,8,10). The van der Waals surface area contributed by atoms with Crippen molar-refractivity contribution in [2.45, 2.75) is 32.0 Å². The van der Waals surface area contributed by atoms with Crippen LogP contribution in [0, 0.1) is 0 Å². The first-order valence-electron chi connectivity index (χ1n) is 3.78. The molecule has 2 atom stereocenters. The van der Waals surface area contributed by atoms with Gasteiger partial charge in [-0.3, -0.25) is 10.1 Å². The Balaban J connectivity index is 2.53. The molecule has 2 unspecified atom stereocenters. The maximum atomic E-state index is 10.7. The maximum Gasteiger partial charge on any atom is 0.237 e. The fourth-order valence-corrected chi connectivity index (χ4v) is 1.08. The van der Waals surface area contributed by atoms with Gasteiger partial charge >= 0.3 is 0 Å². The maximum absolute atomic E-state index is 10.7. The minimum atomic E-state index is -0.361. The highest BCUT2D eigenvalue weighted by atomic mass is 16.5. The summed E-state index contributed by atoms with van der Waals surface area (Å²) in [4.78, 5) is 10.7. The van der Waals surface area contributed by atoms with E-state index in [1.54, 1.807) is 0 Å². The molecule has 1 aliphatic rings. The summed E-state index contributed by atoms with van der Waals surface area (Å²) in [7, 11) is 0. The molecular weight excluding hydrogens is 144 g/mol. The van der Waals surface area contributed by atoms with Crippen LogP contribution in [-0.2, 0) is 9.53 Å². The smallest absolute Gasteiger partial charge is 0.237 e. The third kappa shape index (κ3) is 1.70. The first kappa shape index (κ1) is 8.49. The highest BCUT2D eigenvalue weighted by Gasteiger charge is 2.36. The van der Waals surface area contributed by atoms with E-state index in [1.165, 1.54) is 0 Å². The number of amides is 1. The highest BCUT2D eigenvalue weighted by Crippen LogP contribution is 2.18. The molecule has 1 fully saturated rings. The minimum absolute atomic E-state index is 0.319. The minimum Gasteiger partial charge on any atom is -0.368 e. The normalized spacial score (nSPS) is 37.5. The van der Waals surface area contributed by atoms with Gasteiger partial charge in [0.25, 0.3) is 0 Å². The molecule has 4 heteroatoms. The van der Waals surface area contributed by atoms with Crippen molar-refractivity contribution in [1.29, 1.82) is 0 Å². The molecule has 4 nitrogen and oxygen atoms in total. The van der Waals surface area contributed by atoms with Gasteiger partial charge in [0.05, 0.1) is 6.61 Å². The molecule has 1 rings (SSSR count). The fourth-order valence-electron chi connectivity index (χ4n) is 1.08. The Kier molecular flexibility index (Phi) is 2.15. The van der Waals surface area contributed by atoms with Crippen molar-refractivity contribution in [2.24, 2.45) is 5.73 Å². The number of carbonyl (C=O) groups excluding carboxylic acids is 1. The van der Waals surface area contributed by atoms with Crippen molar-refractivity contribution in [1.82, 2.24) is 5.32 Å². The number of ether oxygens (including phenoxy) is 1. The van der Waals surface area contributed by atoms with E-state index in [9.17, 15) is 4.79 Å². The molecule has 0 spiro atoms. The van der Waals surface area contributed by atoms with Gasteiger partial charge in [0, 0.05) is 0 Å². The lowest BCUT2D eigenvalue weighted by Crippen LogP contribution is -2.46. The zero-order valence-corrected chi connectivity index (χ0v) is 6.89. The second-order valence-electron chi connectivity index (χ2n) is 2.99. The van der Waals surface area contributed by atoms with Crippen LogP contribution >= 0.6 is 0 Å². The number of nitrogens with two attached hydrogens (primary N) is 1. The van der Waals surface area contributed by atoms with Gasteiger partial charge in [-0.05, 0) is 13.3 Å². The van der Waals surface area contributed by atoms with Crippen LogP contribution in [-0.4, -0.2) is 24.3 Å². The number of rotatable bonds is 2. The van der Waals surface area contributed by atoms with Gasteiger partial charge in [-0.1, -0.05) is 6.92 Å². The van der Waals surface area contributed by atoms with E-state index >= 15 is 0 Å². The first-order chi connectivity index (χ1) is 5.07.